The number of rotatable bonds is 4. The van der Waals surface area contributed by atoms with Gasteiger partial charge < -0.3 is 10.0 Å². The number of hydrogen-bond donors (Lipinski definition) is 2. The van der Waals surface area contributed by atoms with Crippen molar-refractivity contribution in [3.63, 3.8) is 0 Å². The Balaban J connectivity index is 1.68. The van der Waals surface area contributed by atoms with E-state index in [1.54, 1.807) is 0 Å². The Hall–Kier alpha value is -2.16. The molecule has 0 radical (unpaired) electrons. The molecular formula is C14H14F2N4O2S. The summed E-state index contributed by atoms with van der Waals surface area (Å²) in [6, 6.07) is 7.30. The molecule has 0 spiro atoms. The van der Waals surface area contributed by atoms with Crippen molar-refractivity contribution in [1.82, 2.24) is 15.4 Å². The number of alkyl halides is 2. The lowest BCUT2D eigenvalue weighted by molar-refractivity contribution is -0.0220. The van der Waals surface area contributed by atoms with Gasteiger partial charge in [-0.1, -0.05) is 17.0 Å². The molecule has 1 aromatic carbocycles. The number of carboxylic acids is 1. The van der Waals surface area contributed by atoms with Gasteiger partial charge >= 0.3 is 5.97 Å². The molecule has 1 aliphatic heterocycles. The second-order valence-electron chi connectivity index (χ2n) is 5.24. The van der Waals surface area contributed by atoms with Crippen LogP contribution in [0.15, 0.2) is 34.2 Å². The first-order valence-electron chi connectivity index (χ1n) is 7.00. The molecule has 1 fully saturated rings. The van der Waals surface area contributed by atoms with Crippen LogP contribution >= 0.6 is 11.8 Å². The zero-order valence-corrected chi connectivity index (χ0v) is 12.8. The van der Waals surface area contributed by atoms with Crippen molar-refractivity contribution in [3.05, 3.63) is 30.0 Å². The number of anilines is 1. The quantitative estimate of drug-likeness (QED) is 0.891. The van der Waals surface area contributed by atoms with Gasteiger partial charge in [0.25, 0.3) is 5.92 Å². The lowest BCUT2D eigenvalue weighted by Gasteiger charge is -2.33. The number of aromatic amines is 1. The zero-order valence-electron chi connectivity index (χ0n) is 12.0. The number of H-pyrrole nitrogens is 1. The molecule has 23 heavy (non-hydrogen) atoms. The number of aromatic nitrogens is 3. The lowest BCUT2D eigenvalue weighted by atomic mass is 10.1. The summed E-state index contributed by atoms with van der Waals surface area (Å²) < 4.78 is 26.4. The first-order chi connectivity index (χ1) is 10.9. The molecule has 1 aliphatic rings. The van der Waals surface area contributed by atoms with E-state index >= 15 is 0 Å². The minimum atomic E-state index is -2.56. The van der Waals surface area contributed by atoms with E-state index in [1.165, 1.54) is 11.8 Å². The minimum absolute atomic E-state index is 0.0580. The van der Waals surface area contributed by atoms with Crippen molar-refractivity contribution >= 4 is 23.4 Å². The molecule has 1 saturated heterocycles. The zero-order chi connectivity index (χ0) is 16.4. The number of hydrogen-bond acceptors (Lipinski definition) is 5. The van der Waals surface area contributed by atoms with Crippen LogP contribution in [-0.2, 0) is 0 Å². The van der Waals surface area contributed by atoms with E-state index in [4.69, 9.17) is 5.11 Å². The SMILES string of the molecule is O=C(O)c1[nH]nnc1Sc1ccc(N2CCC(F)(F)CC2)cc1. The summed E-state index contributed by atoms with van der Waals surface area (Å²) in [7, 11) is 0. The topological polar surface area (TPSA) is 82.1 Å². The second-order valence-corrected chi connectivity index (χ2v) is 6.30. The highest BCUT2D eigenvalue weighted by molar-refractivity contribution is 7.99. The summed E-state index contributed by atoms with van der Waals surface area (Å²) >= 11 is 1.18. The Kier molecular flexibility index (Phi) is 4.20. The van der Waals surface area contributed by atoms with Gasteiger partial charge in [0.15, 0.2) is 10.7 Å². The van der Waals surface area contributed by atoms with Crippen LogP contribution in [0, 0.1) is 0 Å². The van der Waals surface area contributed by atoms with Crippen LogP contribution in [-0.4, -0.2) is 45.5 Å². The van der Waals surface area contributed by atoms with E-state index in [0.717, 1.165) is 10.6 Å². The second kappa shape index (κ2) is 6.15. The summed E-state index contributed by atoms with van der Waals surface area (Å²) in [4.78, 5) is 13.7. The van der Waals surface area contributed by atoms with Crippen LogP contribution in [0.2, 0.25) is 0 Å². The lowest BCUT2D eigenvalue weighted by Crippen LogP contribution is -2.39. The van der Waals surface area contributed by atoms with Gasteiger partial charge in [0.2, 0.25) is 0 Å². The number of halogens is 2. The van der Waals surface area contributed by atoms with Gasteiger partial charge in [0.1, 0.15) is 0 Å². The molecule has 2 N–H and O–H groups in total. The van der Waals surface area contributed by atoms with Crippen LogP contribution in [0.5, 0.6) is 0 Å². The van der Waals surface area contributed by atoms with Crippen molar-refractivity contribution in [2.24, 2.45) is 0 Å². The first-order valence-corrected chi connectivity index (χ1v) is 7.81. The molecule has 9 heteroatoms. The monoisotopic (exact) mass is 340 g/mol. The molecule has 6 nitrogen and oxygen atoms in total. The Morgan fingerprint density at radius 2 is 1.91 bits per heavy atom. The summed E-state index contributed by atoms with van der Waals surface area (Å²) in [5, 5.41) is 18.8. The van der Waals surface area contributed by atoms with E-state index in [1.807, 2.05) is 29.2 Å². The fourth-order valence-corrected chi connectivity index (χ4v) is 3.17. The van der Waals surface area contributed by atoms with Crippen molar-refractivity contribution < 1.29 is 18.7 Å². The first kappa shape index (κ1) is 15.7. The van der Waals surface area contributed by atoms with Crippen LogP contribution in [0.4, 0.5) is 14.5 Å². The Morgan fingerprint density at radius 3 is 2.52 bits per heavy atom. The van der Waals surface area contributed by atoms with Crippen molar-refractivity contribution in [3.8, 4) is 0 Å². The molecule has 0 unspecified atom stereocenters. The largest absolute Gasteiger partial charge is 0.476 e. The molecule has 0 aliphatic carbocycles. The maximum Gasteiger partial charge on any atom is 0.356 e. The predicted molar refractivity (Wildman–Crippen MR) is 80.3 cm³/mol. The molecule has 0 amide bonds. The molecular weight excluding hydrogens is 326 g/mol. The number of carboxylic acid groups (broad SMARTS) is 1. The molecule has 0 atom stereocenters. The molecule has 1 aromatic heterocycles. The number of piperidine rings is 1. The fourth-order valence-electron chi connectivity index (χ4n) is 2.36. The summed E-state index contributed by atoms with van der Waals surface area (Å²) in [5.41, 5.74) is 0.820. The van der Waals surface area contributed by atoms with Crippen LogP contribution in [0.3, 0.4) is 0 Å². The highest BCUT2D eigenvalue weighted by atomic mass is 32.2. The van der Waals surface area contributed by atoms with Gasteiger partial charge in [-0.05, 0) is 24.3 Å². The van der Waals surface area contributed by atoms with E-state index in [-0.39, 0.29) is 23.6 Å². The fraction of sp³-hybridized carbons (Fsp3) is 0.357. The number of carbonyl (C=O) groups is 1. The van der Waals surface area contributed by atoms with Crippen molar-refractivity contribution in [2.75, 3.05) is 18.0 Å². The van der Waals surface area contributed by atoms with Crippen LogP contribution < -0.4 is 4.90 Å². The molecule has 122 valence electrons. The van der Waals surface area contributed by atoms with E-state index in [9.17, 15) is 13.6 Å². The third-order valence-corrected chi connectivity index (χ3v) is 4.63. The normalized spacial score (nSPS) is 17.2. The third-order valence-electron chi connectivity index (χ3n) is 3.64. The smallest absolute Gasteiger partial charge is 0.356 e. The Labute approximate surface area is 134 Å². The standard InChI is InChI=1S/C14H14F2N4O2S/c15-14(16)5-7-20(8-6-14)9-1-3-10(4-2-9)23-12-11(13(21)22)17-19-18-12/h1-4H,5-8H2,(H,21,22)(H,17,18,19). The minimum Gasteiger partial charge on any atom is -0.476 e. The number of nitrogens with zero attached hydrogens (tertiary/aromatic N) is 3. The van der Waals surface area contributed by atoms with Gasteiger partial charge in [-0.2, -0.15) is 0 Å². The van der Waals surface area contributed by atoms with Crippen molar-refractivity contribution in [1.29, 1.82) is 0 Å². The van der Waals surface area contributed by atoms with Gasteiger partial charge in [0.05, 0.1) is 0 Å². The van der Waals surface area contributed by atoms with Gasteiger partial charge in [-0.25, -0.2) is 13.6 Å². The van der Waals surface area contributed by atoms with Gasteiger partial charge in [-0.15, -0.1) is 5.10 Å². The summed E-state index contributed by atoms with van der Waals surface area (Å²) in [6.45, 7) is 0.651. The average Bonchev–Trinajstić information content (AvgIpc) is 2.97. The van der Waals surface area contributed by atoms with Crippen molar-refractivity contribution in [2.45, 2.75) is 28.7 Å². The predicted octanol–water partition coefficient (Wildman–Crippen LogP) is 2.89. The highest BCUT2D eigenvalue weighted by Gasteiger charge is 2.33. The van der Waals surface area contributed by atoms with Gasteiger partial charge in [-0.3, -0.25) is 5.10 Å². The molecule has 0 bridgehead atoms. The van der Waals surface area contributed by atoms with E-state index in [0.29, 0.717) is 13.1 Å². The molecule has 3 rings (SSSR count). The Bertz CT molecular complexity index is 695. The van der Waals surface area contributed by atoms with Crippen LogP contribution in [0.25, 0.3) is 0 Å². The Morgan fingerprint density at radius 1 is 1.26 bits per heavy atom. The molecule has 0 saturated carbocycles. The number of aromatic carboxylic acids is 1. The maximum absolute atomic E-state index is 13.2. The maximum atomic E-state index is 13.2. The third kappa shape index (κ3) is 3.61. The highest BCUT2D eigenvalue weighted by Crippen LogP contribution is 2.32. The summed E-state index contributed by atoms with van der Waals surface area (Å²) in [5.74, 6) is -3.68. The van der Waals surface area contributed by atoms with Gasteiger partial charge in [0, 0.05) is 36.5 Å². The average molecular weight is 340 g/mol. The number of nitrogens with one attached hydrogen (secondary N) is 1. The molecule has 2 aromatic rings. The summed E-state index contributed by atoms with van der Waals surface area (Å²) in [6.07, 6.45) is -0.269. The van der Waals surface area contributed by atoms with Crippen LogP contribution in [0.1, 0.15) is 23.3 Å². The molecule has 2 heterocycles. The van der Waals surface area contributed by atoms with E-state index in [2.05, 4.69) is 15.4 Å². The number of benzene rings is 1. The van der Waals surface area contributed by atoms with E-state index < -0.39 is 11.9 Å².